The summed E-state index contributed by atoms with van der Waals surface area (Å²) in [6.07, 6.45) is 9.35. The van der Waals surface area contributed by atoms with Gasteiger partial charge in [-0.3, -0.25) is 4.90 Å². The van der Waals surface area contributed by atoms with Gasteiger partial charge in [0.15, 0.2) is 0 Å². The SMILES string of the molecule is CN1CCCC1c1c2ncc(/C=C/c3ccccc3)c1OC(=O)/C=C/C(=O)O2. The number of aromatic nitrogens is 1. The number of fused-ring (bicyclic) bond motifs is 2. The first-order valence-electron chi connectivity index (χ1n) is 9.20. The van der Waals surface area contributed by atoms with Crippen LogP contribution in [0.25, 0.3) is 12.2 Å². The van der Waals surface area contributed by atoms with Crippen LogP contribution in [0.2, 0.25) is 0 Å². The zero-order valence-corrected chi connectivity index (χ0v) is 15.5. The van der Waals surface area contributed by atoms with Crippen molar-refractivity contribution in [1.29, 1.82) is 0 Å². The van der Waals surface area contributed by atoms with E-state index in [1.807, 2.05) is 49.5 Å². The molecule has 1 aromatic carbocycles. The van der Waals surface area contributed by atoms with Gasteiger partial charge in [-0.1, -0.05) is 36.4 Å². The number of rotatable bonds is 3. The van der Waals surface area contributed by atoms with Gasteiger partial charge in [0, 0.05) is 30.0 Å². The monoisotopic (exact) mass is 376 g/mol. The predicted octanol–water partition coefficient (Wildman–Crippen LogP) is 3.40. The molecule has 2 aromatic rings. The van der Waals surface area contributed by atoms with Crippen LogP contribution in [0.4, 0.5) is 0 Å². The van der Waals surface area contributed by atoms with Gasteiger partial charge in [-0.15, -0.1) is 0 Å². The summed E-state index contributed by atoms with van der Waals surface area (Å²) < 4.78 is 11.1. The van der Waals surface area contributed by atoms with E-state index in [1.165, 1.54) is 0 Å². The van der Waals surface area contributed by atoms with Crippen molar-refractivity contribution >= 4 is 24.1 Å². The molecule has 3 heterocycles. The maximum atomic E-state index is 12.2. The molecule has 0 saturated carbocycles. The number of hydrogen-bond donors (Lipinski definition) is 0. The molecule has 0 amide bonds. The molecular formula is C22H20N2O4. The first-order chi connectivity index (χ1) is 13.6. The number of pyridine rings is 1. The van der Waals surface area contributed by atoms with Crippen LogP contribution in [0, 0.1) is 0 Å². The van der Waals surface area contributed by atoms with Crippen LogP contribution in [-0.4, -0.2) is 35.4 Å². The quantitative estimate of drug-likeness (QED) is 0.765. The molecule has 0 aliphatic carbocycles. The summed E-state index contributed by atoms with van der Waals surface area (Å²) in [5.74, 6) is -0.686. The van der Waals surface area contributed by atoms with E-state index in [2.05, 4.69) is 9.88 Å². The Hall–Kier alpha value is -3.25. The highest BCUT2D eigenvalue weighted by Crippen LogP contribution is 2.43. The Labute approximate surface area is 163 Å². The molecule has 6 nitrogen and oxygen atoms in total. The second-order valence-corrected chi connectivity index (χ2v) is 6.82. The summed E-state index contributed by atoms with van der Waals surface area (Å²) in [5, 5.41) is 0. The average Bonchev–Trinajstić information content (AvgIpc) is 3.12. The third-order valence-corrected chi connectivity index (χ3v) is 4.92. The van der Waals surface area contributed by atoms with Crippen LogP contribution in [0.3, 0.4) is 0 Å². The van der Waals surface area contributed by atoms with Crippen molar-refractivity contribution in [3.05, 3.63) is 65.4 Å². The topological polar surface area (TPSA) is 68.7 Å². The first-order valence-corrected chi connectivity index (χ1v) is 9.20. The smallest absolute Gasteiger partial charge is 0.337 e. The van der Waals surface area contributed by atoms with Crippen LogP contribution in [0.1, 0.15) is 35.6 Å². The fourth-order valence-corrected chi connectivity index (χ4v) is 3.54. The Morgan fingerprint density at radius 2 is 1.82 bits per heavy atom. The minimum Gasteiger partial charge on any atom is -0.422 e. The van der Waals surface area contributed by atoms with E-state index >= 15 is 0 Å². The molecule has 1 unspecified atom stereocenters. The number of benzene rings is 1. The Morgan fingerprint density at radius 3 is 2.54 bits per heavy atom. The normalized spacial score (nSPS) is 21.0. The molecule has 2 bridgehead atoms. The minimum absolute atomic E-state index is 0.0405. The first kappa shape index (κ1) is 18.1. The molecule has 1 saturated heterocycles. The number of carbonyl (C=O) groups is 2. The summed E-state index contributed by atoms with van der Waals surface area (Å²) in [7, 11) is 2.00. The molecule has 0 spiro atoms. The lowest BCUT2D eigenvalue weighted by Gasteiger charge is -2.24. The molecule has 142 valence electrons. The van der Waals surface area contributed by atoms with E-state index < -0.39 is 11.9 Å². The van der Waals surface area contributed by atoms with Gasteiger partial charge < -0.3 is 9.47 Å². The maximum Gasteiger partial charge on any atom is 0.337 e. The van der Waals surface area contributed by atoms with Crippen LogP contribution < -0.4 is 9.47 Å². The van der Waals surface area contributed by atoms with E-state index in [-0.39, 0.29) is 11.9 Å². The van der Waals surface area contributed by atoms with E-state index in [0.717, 1.165) is 37.1 Å². The zero-order valence-electron chi connectivity index (χ0n) is 15.5. The van der Waals surface area contributed by atoms with Crippen molar-refractivity contribution in [2.24, 2.45) is 0 Å². The summed E-state index contributed by atoms with van der Waals surface area (Å²) in [6.45, 7) is 0.910. The highest BCUT2D eigenvalue weighted by Gasteiger charge is 2.32. The molecule has 6 heteroatoms. The highest BCUT2D eigenvalue weighted by molar-refractivity contribution is 5.95. The van der Waals surface area contributed by atoms with E-state index in [0.29, 0.717) is 16.9 Å². The van der Waals surface area contributed by atoms with Crippen LogP contribution >= 0.6 is 0 Å². The molecule has 1 fully saturated rings. The lowest BCUT2D eigenvalue weighted by molar-refractivity contribution is -0.131. The lowest BCUT2D eigenvalue weighted by Crippen LogP contribution is -2.21. The Morgan fingerprint density at radius 1 is 1.07 bits per heavy atom. The fraction of sp³-hybridized carbons (Fsp3) is 0.227. The standard InChI is InChI=1S/C22H20N2O4/c1-24-13-5-8-17(24)20-21-16(10-9-15-6-3-2-4-7-15)14-23-22(20)28-19(26)12-11-18(25)27-21/h2-4,6-7,9-12,14,17H,5,8,13H2,1H3/b10-9+,12-11+. The highest BCUT2D eigenvalue weighted by atomic mass is 16.6. The predicted molar refractivity (Wildman–Crippen MR) is 105 cm³/mol. The van der Waals surface area contributed by atoms with Gasteiger partial charge in [0.1, 0.15) is 5.75 Å². The molecule has 28 heavy (non-hydrogen) atoms. The zero-order chi connectivity index (χ0) is 19.5. The second kappa shape index (κ2) is 7.78. The second-order valence-electron chi connectivity index (χ2n) is 6.82. The van der Waals surface area contributed by atoms with Crippen LogP contribution in [0.15, 0.2) is 48.7 Å². The van der Waals surface area contributed by atoms with Gasteiger partial charge >= 0.3 is 11.9 Å². The number of nitrogens with zero attached hydrogens (tertiary/aromatic N) is 2. The fourth-order valence-electron chi connectivity index (χ4n) is 3.54. The van der Waals surface area contributed by atoms with Crippen molar-refractivity contribution < 1.29 is 19.1 Å². The molecule has 1 aromatic heterocycles. The summed E-state index contributed by atoms with van der Waals surface area (Å²) in [6, 6.07) is 9.77. The average molecular weight is 376 g/mol. The molecule has 0 radical (unpaired) electrons. The molecule has 2 aliphatic rings. The van der Waals surface area contributed by atoms with Gasteiger partial charge in [0.05, 0.1) is 5.56 Å². The molecule has 1 atom stereocenters. The third-order valence-electron chi connectivity index (χ3n) is 4.92. The van der Waals surface area contributed by atoms with Gasteiger partial charge in [-0.05, 0) is 38.1 Å². The van der Waals surface area contributed by atoms with Crippen molar-refractivity contribution in [3.63, 3.8) is 0 Å². The lowest BCUT2D eigenvalue weighted by atomic mass is 10.0. The third kappa shape index (κ3) is 3.73. The largest absolute Gasteiger partial charge is 0.422 e. The van der Waals surface area contributed by atoms with Gasteiger partial charge in [0.25, 0.3) is 0 Å². The summed E-state index contributed by atoms with van der Waals surface area (Å²) >= 11 is 0. The number of ether oxygens (including phenoxy) is 2. The van der Waals surface area contributed by atoms with Crippen LogP contribution in [0.5, 0.6) is 11.6 Å². The van der Waals surface area contributed by atoms with Gasteiger partial charge in [-0.2, -0.15) is 0 Å². The molecular weight excluding hydrogens is 356 g/mol. The number of likely N-dealkylation sites (tertiary alicyclic amines) is 1. The summed E-state index contributed by atoms with van der Waals surface area (Å²) in [5.41, 5.74) is 2.31. The molecule has 2 aliphatic heterocycles. The van der Waals surface area contributed by atoms with E-state index in [9.17, 15) is 9.59 Å². The van der Waals surface area contributed by atoms with Gasteiger partial charge in [-0.25, -0.2) is 14.6 Å². The van der Waals surface area contributed by atoms with Crippen molar-refractivity contribution in [2.75, 3.05) is 13.6 Å². The van der Waals surface area contributed by atoms with E-state index in [1.54, 1.807) is 6.20 Å². The molecule has 4 rings (SSSR count). The van der Waals surface area contributed by atoms with Crippen molar-refractivity contribution in [3.8, 4) is 11.6 Å². The van der Waals surface area contributed by atoms with Crippen LogP contribution in [-0.2, 0) is 9.59 Å². The maximum absolute atomic E-state index is 12.2. The summed E-state index contributed by atoms with van der Waals surface area (Å²) in [4.78, 5) is 30.8. The Bertz CT molecular complexity index is 966. The van der Waals surface area contributed by atoms with Gasteiger partial charge in [0.2, 0.25) is 5.88 Å². The minimum atomic E-state index is -0.647. The number of hydrogen-bond acceptors (Lipinski definition) is 6. The molecule has 0 N–H and O–H groups in total. The Balaban J connectivity index is 1.84. The Kier molecular flexibility index (Phi) is 5.04. The van der Waals surface area contributed by atoms with Crippen molar-refractivity contribution in [2.45, 2.75) is 18.9 Å². The number of esters is 2. The van der Waals surface area contributed by atoms with Crippen molar-refractivity contribution in [1.82, 2.24) is 9.88 Å². The van der Waals surface area contributed by atoms with E-state index in [4.69, 9.17) is 9.47 Å². The number of carbonyl (C=O) groups excluding carboxylic acids is 2.